The molecule has 0 radical (unpaired) electrons. The van der Waals surface area contributed by atoms with E-state index < -0.39 is 7.11 Å². The van der Waals surface area contributed by atoms with Gasteiger partial charge < -0.3 is 17.6 Å². The van der Waals surface area contributed by atoms with Gasteiger partial charge in [-0.15, -0.1) is 0 Å². The molecule has 23 heavy (non-hydrogen) atoms. The SMILES string of the molecule is F[B-]1(F)OC2=C(c3ccccc3)SC(c3ccccc3)=CC2=[O+]1. The minimum absolute atomic E-state index is 0.0893. The van der Waals surface area contributed by atoms with E-state index in [1.165, 1.54) is 11.8 Å². The van der Waals surface area contributed by atoms with Crippen LogP contribution in [0.25, 0.3) is 9.81 Å². The van der Waals surface area contributed by atoms with E-state index in [4.69, 9.17) is 9.00 Å². The van der Waals surface area contributed by atoms with E-state index in [1.54, 1.807) is 6.08 Å². The zero-order valence-electron chi connectivity index (χ0n) is 11.9. The molecule has 2 heterocycles. The molecule has 2 aliphatic heterocycles. The molecule has 4 rings (SSSR count). The van der Waals surface area contributed by atoms with E-state index in [2.05, 4.69) is 0 Å². The first kappa shape index (κ1) is 14.3. The largest absolute Gasteiger partial charge is 0.995 e. The van der Waals surface area contributed by atoms with Crippen LogP contribution in [0.3, 0.4) is 0 Å². The molecule has 0 saturated carbocycles. The lowest BCUT2D eigenvalue weighted by molar-refractivity contribution is -0.346. The molecule has 114 valence electrons. The van der Waals surface area contributed by atoms with Gasteiger partial charge in [0.15, 0.2) is 5.76 Å². The van der Waals surface area contributed by atoms with E-state index in [1.807, 2.05) is 60.7 Å². The van der Waals surface area contributed by atoms with Gasteiger partial charge >= 0.3 is 12.9 Å². The van der Waals surface area contributed by atoms with Gasteiger partial charge in [-0.2, -0.15) is 0 Å². The smallest absolute Gasteiger partial charge is 0.562 e. The molecule has 0 aromatic heterocycles. The second-order valence-electron chi connectivity index (χ2n) is 5.14. The Morgan fingerprint density at radius 1 is 0.870 bits per heavy atom. The maximum absolute atomic E-state index is 13.6. The van der Waals surface area contributed by atoms with Gasteiger partial charge in [0.25, 0.3) is 0 Å². The van der Waals surface area contributed by atoms with Crippen LogP contribution >= 0.6 is 11.8 Å². The molecule has 2 aromatic rings. The molecule has 0 atom stereocenters. The van der Waals surface area contributed by atoms with Gasteiger partial charge in [0.05, 0.1) is 11.0 Å². The average molecular weight is 328 g/mol. The second kappa shape index (κ2) is 5.39. The van der Waals surface area contributed by atoms with Crippen LogP contribution in [0.2, 0.25) is 0 Å². The van der Waals surface area contributed by atoms with Gasteiger partial charge in [-0.05, 0) is 11.1 Å². The van der Waals surface area contributed by atoms with Crippen molar-refractivity contribution in [2.45, 2.75) is 0 Å². The number of ketones is 1. The van der Waals surface area contributed by atoms with Crippen molar-refractivity contribution in [3.63, 3.8) is 0 Å². The van der Waals surface area contributed by atoms with Crippen LogP contribution < -0.4 is 0 Å². The van der Waals surface area contributed by atoms with Crippen molar-refractivity contribution in [2.75, 3.05) is 0 Å². The third kappa shape index (κ3) is 2.70. The summed E-state index contributed by atoms with van der Waals surface area (Å²) >= 11 is 1.41. The first-order valence-corrected chi connectivity index (χ1v) is 7.94. The Hall–Kier alpha value is -2.34. The standard InChI is InChI=1S/C17H11BF2O2S/c19-18(20)21-14-11-15(12-7-3-1-4-8-12)23-17(16(14)22-18)13-9-5-2-6-10-13/h1-11H. The molecule has 0 spiro atoms. The Balaban J connectivity index is 1.84. The molecule has 0 amide bonds. The molecular formula is C17H11BF2O2S. The Morgan fingerprint density at radius 2 is 1.48 bits per heavy atom. The molecular weight excluding hydrogens is 317 g/mol. The number of carbonyl (C=O) groups excluding carboxylic acids is 1. The first-order valence-electron chi connectivity index (χ1n) is 7.12. The van der Waals surface area contributed by atoms with Crippen molar-refractivity contribution in [1.82, 2.24) is 0 Å². The van der Waals surface area contributed by atoms with Crippen molar-refractivity contribution in [3.05, 3.63) is 83.6 Å². The van der Waals surface area contributed by atoms with Crippen molar-refractivity contribution >= 4 is 34.5 Å². The highest BCUT2D eigenvalue weighted by Crippen LogP contribution is 2.47. The number of hydrogen-bond acceptors (Lipinski definition) is 2. The molecule has 2 nitrogen and oxygen atoms in total. The fraction of sp³-hybridized carbons (Fsp3) is 0. The summed E-state index contributed by atoms with van der Waals surface area (Å²) in [5.74, 6) is 0.206. The zero-order chi connectivity index (χ0) is 15.9. The lowest BCUT2D eigenvalue weighted by atomic mass is 10.1. The second-order valence-corrected chi connectivity index (χ2v) is 6.19. The van der Waals surface area contributed by atoms with Crippen LogP contribution in [0.5, 0.6) is 0 Å². The molecule has 0 saturated heterocycles. The quantitative estimate of drug-likeness (QED) is 0.591. The van der Waals surface area contributed by atoms with Gasteiger partial charge in [-0.1, -0.05) is 72.4 Å². The lowest BCUT2D eigenvalue weighted by Gasteiger charge is -2.17. The summed E-state index contributed by atoms with van der Waals surface area (Å²) < 4.78 is 36.7. The number of benzene rings is 2. The van der Waals surface area contributed by atoms with Gasteiger partial charge in [0.2, 0.25) is 0 Å². The Labute approximate surface area is 136 Å². The summed E-state index contributed by atoms with van der Waals surface area (Å²) in [4.78, 5) is 1.49. The average Bonchev–Trinajstić information content (AvgIpc) is 2.89. The topological polar surface area (TPSA) is 20.5 Å². The summed E-state index contributed by atoms with van der Waals surface area (Å²) in [5.41, 5.74) is 1.77. The third-order valence-electron chi connectivity index (χ3n) is 3.52. The minimum Gasteiger partial charge on any atom is -0.562 e. The summed E-state index contributed by atoms with van der Waals surface area (Å²) in [6, 6.07) is 19.0. The third-order valence-corrected chi connectivity index (χ3v) is 4.72. The fourth-order valence-corrected chi connectivity index (χ4v) is 3.65. The number of rotatable bonds is 2. The van der Waals surface area contributed by atoms with E-state index in [0.717, 1.165) is 16.0 Å². The van der Waals surface area contributed by atoms with E-state index in [9.17, 15) is 8.63 Å². The van der Waals surface area contributed by atoms with Crippen molar-refractivity contribution in [1.29, 1.82) is 0 Å². The number of allylic oxidation sites excluding steroid dienone is 1. The van der Waals surface area contributed by atoms with E-state index in [0.29, 0.717) is 4.91 Å². The normalized spacial score (nSPS) is 18.9. The highest BCUT2D eigenvalue weighted by atomic mass is 32.2. The molecule has 0 fully saturated rings. The Morgan fingerprint density at radius 3 is 2.13 bits per heavy atom. The van der Waals surface area contributed by atoms with E-state index >= 15 is 0 Å². The molecule has 0 aliphatic carbocycles. The summed E-state index contributed by atoms with van der Waals surface area (Å²) in [6.45, 7) is 0. The zero-order valence-corrected chi connectivity index (χ0v) is 12.7. The molecule has 2 aliphatic rings. The van der Waals surface area contributed by atoms with Crippen LogP contribution in [0, 0.1) is 0 Å². The summed E-state index contributed by atoms with van der Waals surface area (Å²) in [7, 11) is -4.30. The highest BCUT2D eigenvalue weighted by Gasteiger charge is 2.58. The molecule has 6 heteroatoms. The van der Waals surface area contributed by atoms with Crippen LogP contribution in [0.15, 0.2) is 72.5 Å². The first-order chi connectivity index (χ1) is 11.1. The minimum atomic E-state index is -4.30. The number of hydrogen-bond donors (Lipinski definition) is 0. The lowest BCUT2D eigenvalue weighted by Crippen LogP contribution is -2.22. The van der Waals surface area contributed by atoms with Gasteiger partial charge in [0, 0.05) is 4.91 Å². The Bertz CT molecular complexity index is 845. The van der Waals surface area contributed by atoms with E-state index in [-0.39, 0.29) is 11.5 Å². The van der Waals surface area contributed by atoms with Crippen molar-refractivity contribution in [2.24, 2.45) is 0 Å². The van der Waals surface area contributed by atoms with Crippen molar-refractivity contribution < 1.29 is 17.6 Å². The Kier molecular flexibility index (Phi) is 3.34. The number of fused-ring (bicyclic) bond motifs is 1. The van der Waals surface area contributed by atoms with Gasteiger partial charge in [0.1, 0.15) is 0 Å². The molecule has 2 aromatic carbocycles. The maximum atomic E-state index is 13.6. The molecule has 0 N–H and O–H groups in total. The molecule has 0 bridgehead atoms. The van der Waals surface area contributed by atoms with Gasteiger partial charge in [-0.3, -0.25) is 0 Å². The van der Waals surface area contributed by atoms with Crippen LogP contribution in [0.4, 0.5) is 8.63 Å². The number of halogens is 2. The van der Waals surface area contributed by atoms with Crippen LogP contribution in [0.1, 0.15) is 11.1 Å². The number of thioether (sulfide) groups is 1. The predicted molar refractivity (Wildman–Crippen MR) is 89.4 cm³/mol. The van der Waals surface area contributed by atoms with Crippen LogP contribution in [-0.2, 0) is 9.00 Å². The maximum Gasteiger partial charge on any atom is 0.995 e. The predicted octanol–water partition coefficient (Wildman–Crippen LogP) is 4.65. The summed E-state index contributed by atoms with van der Waals surface area (Å²) in [5, 5.41) is 0. The van der Waals surface area contributed by atoms with Crippen molar-refractivity contribution in [3.8, 4) is 0 Å². The summed E-state index contributed by atoms with van der Waals surface area (Å²) in [6.07, 6.45) is 1.62. The molecule has 0 unspecified atom stereocenters. The van der Waals surface area contributed by atoms with Crippen LogP contribution in [-0.4, -0.2) is 12.9 Å². The fourth-order valence-electron chi connectivity index (χ4n) is 2.51. The monoisotopic (exact) mass is 328 g/mol. The van der Waals surface area contributed by atoms with Gasteiger partial charge in [-0.25, -0.2) is 0 Å². The highest BCUT2D eigenvalue weighted by molar-refractivity contribution is 8.16.